The Morgan fingerprint density at radius 2 is 1.94 bits per heavy atom. The Labute approximate surface area is 99.5 Å². The van der Waals surface area contributed by atoms with Gasteiger partial charge in [-0.25, -0.2) is 0 Å². The van der Waals surface area contributed by atoms with Gasteiger partial charge >= 0.3 is 0 Å². The van der Waals surface area contributed by atoms with Crippen LogP contribution in [0.5, 0.6) is 0 Å². The first-order chi connectivity index (χ1) is 7.63. The fourth-order valence-electron chi connectivity index (χ4n) is 1.76. The SMILES string of the molecule is CCC(=O)C(Cc1ccccc1)NC(C)C.[HH]. The number of rotatable bonds is 6. The van der Waals surface area contributed by atoms with Gasteiger partial charge in [0.15, 0.2) is 0 Å². The number of carbonyl (C=O) groups is 1. The van der Waals surface area contributed by atoms with Gasteiger partial charge in [-0.05, 0) is 12.0 Å². The molecule has 2 nitrogen and oxygen atoms in total. The van der Waals surface area contributed by atoms with E-state index in [2.05, 4.69) is 31.3 Å². The fraction of sp³-hybridized carbons (Fsp3) is 0.500. The highest BCUT2D eigenvalue weighted by molar-refractivity contribution is 5.84. The van der Waals surface area contributed by atoms with Crippen molar-refractivity contribution in [3.63, 3.8) is 0 Å². The van der Waals surface area contributed by atoms with Gasteiger partial charge in [-0.3, -0.25) is 4.79 Å². The molecular weight excluding hydrogens is 198 g/mol. The maximum atomic E-state index is 11.8. The Morgan fingerprint density at radius 1 is 1.31 bits per heavy atom. The van der Waals surface area contributed by atoms with Gasteiger partial charge in [0, 0.05) is 13.9 Å². The highest BCUT2D eigenvalue weighted by Crippen LogP contribution is 2.06. The second kappa shape index (κ2) is 6.44. The standard InChI is InChI=1S/C14H21NO.H2/c1-4-14(16)13(15-11(2)3)10-12-8-6-5-7-9-12;/h5-9,11,13,15H,4,10H2,1-3H3;1H. The predicted molar refractivity (Wildman–Crippen MR) is 69.6 cm³/mol. The molecule has 0 saturated carbocycles. The van der Waals surface area contributed by atoms with Crippen molar-refractivity contribution in [1.29, 1.82) is 0 Å². The molecule has 0 saturated heterocycles. The summed E-state index contributed by atoms with van der Waals surface area (Å²) >= 11 is 0. The van der Waals surface area contributed by atoms with Crippen LogP contribution >= 0.6 is 0 Å². The van der Waals surface area contributed by atoms with E-state index in [1.807, 2.05) is 25.1 Å². The summed E-state index contributed by atoms with van der Waals surface area (Å²) in [4.78, 5) is 11.8. The molecule has 2 heteroatoms. The molecule has 1 aromatic carbocycles. The molecule has 0 aromatic heterocycles. The summed E-state index contributed by atoms with van der Waals surface area (Å²) in [5.74, 6) is 0.289. The maximum absolute atomic E-state index is 11.8. The van der Waals surface area contributed by atoms with Crippen molar-refractivity contribution in [2.45, 2.75) is 45.7 Å². The van der Waals surface area contributed by atoms with Crippen LogP contribution in [0.3, 0.4) is 0 Å². The first-order valence-corrected chi connectivity index (χ1v) is 5.96. The average molecular weight is 221 g/mol. The van der Waals surface area contributed by atoms with E-state index in [4.69, 9.17) is 0 Å². The van der Waals surface area contributed by atoms with E-state index < -0.39 is 0 Å². The zero-order valence-electron chi connectivity index (χ0n) is 10.4. The van der Waals surface area contributed by atoms with Gasteiger partial charge in [-0.1, -0.05) is 51.1 Å². The Morgan fingerprint density at radius 3 is 2.44 bits per heavy atom. The molecule has 0 aliphatic carbocycles. The molecule has 1 aromatic rings. The number of carbonyl (C=O) groups excluding carboxylic acids is 1. The molecule has 1 atom stereocenters. The normalized spacial score (nSPS) is 12.8. The monoisotopic (exact) mass is 221 g/mol. The summed E-state index contributed by atoms with van der Waals surface area (Å²) in [6, 6.07) is 10.4. The lowest BCUT2D eigenvalue weighted by molar-refractivity contribution is -0.120. The van der Waals surface area contributed by atoms with Gasteiger partial charge in [0.1, 0.15) is 5.78 Å². The highest BCUT2D eigenvalue weighted by atomic mass is 16.1. The third-order valence-corrected chi connectivity index (χ3v) is 2.55. The lowest BCUT2D eigenvalue weighted by atomic mass is 10.0. The molecule has 0 aliphatic rings. The Hall–Kier alpha value is -1.15. The van der Waals surface area contributed by atoms with Crippen molar-refractivity contribution < 1.29 is 6.22 Å². The van der Waals surface area contributed by atoms with Crippen molar-refractivity contribution in [3.8, 4) is 0 Å². The molecule has 90 valence electrons. The van der Waals surface area contributed by atoms with Crippen LogP contribution in [0.2, 0.25) is 0 Å². The number of hydrogen-bond acceptors (Lipinski definition) is 2. The molecule has 0 fully saturated rings. The summed E-state index contributed by atoms with van der Waals surface area (Å²) in [6.45, 7) is 6.06. The number of hydrogen-bond donors (Lipinski definition) is 1. The first kappa shape index (κ1) is 12.9. The average Bonchev–Trinajstić information content (AvgIpc) is 2.28. The zero-order chi connectivity index (χ0) is 12.0. The van der Waals surface area contributed by atoms with Crippen LogP contribution in [0.4, 0.5) is 0 Å². The summed E-state index contributed by atoms with van der Waals surface area (Å²) in [5, 5.41) is 3.33. The minimum absolute atomic E-state index is 0. The van der Waals surface area contributed by atoms with E-state index in [1.165, 1.54) is 5.56 Å². The molecule has 16 heavy (non-hydrogen) atoms. The molecule has 0 spiro atoms. The molecule has 0 heterocycles. The largest absolute Gasteiger partial charge is 0.305 e. The van der Waals surface area contributed by atoms with E-state index in [-0.39, 0.29) is 13.3 Å². The van der Waals surface area contributed by atoms with Gasteiger partial charge in [-0.15, -0.1) is 0 Å². The van der Waals surface area contributed by atoms with E-state index in [9.17, 15) is 4.79 Å². The summed E-state index contributed by atoms with van der Waals surface area (Å²) < 4.78 is 0. The van der Waals surface area contributed by atoms with E-state index >= 15 is 0 Å². The van der Waals surface area contributed by atoms with Gasteiger partial charge in [0.2, 0.25) is 0 Å². The highest BCUT2D eigenvalue weighted by Gasteiger charge is 2.17. The third-order valence-electron chi connectivity index (χ3n) is 2.55. The summed E-state index contributed by atoms with van der Waals surface area (Å²) in [6.07, 6.45) is 1.38. The van der Waals surface area contributed by atoms with Crippen molar-refractivity contribution >= 4 is 5.78 Å². The summed E-state index contributed by atoms with van der Waals surface area (Å²) in [7, 11) is 0. The lowest BCUT2D eigenvalue weighted by Crippen LogP contribution is -2.42. The van der Waals surface area contributed by atoms with Crippen LogP contribution in [0, 0.1) is 0 Å². The van der Waals surface area contributed by atoms with Gasteiger partial charge < -0.3 is 5.32 Å². The Balaban J connectivity index is 0.00000256. The van der Waals surface area contributed by atoms with Crippen LogP contribution in [0.25, 0.3) is 0 Å². The molecule has 0 radical (unpaired) electrons. The number of nitrogens with one attached hydrogen (secondary N) is 1. The van der Waals surface area contributed by atoms with Crippen LogP contribution in [0.1, 0.15) is 34.2 Å². The molecule has 1 unspecified atom stereocenters. The predicted octanol–water partition coefficient (Wildman–Crippen LogP) is 2.82. The number of Topliss-reactive ketones (excluding diaryl/α,β-unsaturated/α-hetero) is 1. The molecule has 1 rings (SSSR count). The third kappa shape index (κ3) is 4.15. The van der Waals surface area contributed by atoms with Gasteiger partial charge in [-0.2, -0.15) is 0 Å². The molecule has 0 aliphatic heterocycles. The number of benzene rings is 1. The molecule has 0 bridgehead atoms. The van der Waals surface area contributed by atoms with Crippen molar-refractivity contribution in [2.75, 3.05) is 0 Å². The van der Waals surface area contributed by atoms with E-state index in [0.717, 1.165) is 6.42 Å². The topological polar surface area (TPSA) is 29.1 Å². The maximum Gasteiger partial charge on any atom is 0.149 e. The quantitative estimate of drug-likeness (QED) is 0.800. The lowest BCUT2D eigenvalue weighted by Gasteiger charge is -2.19. The van der Waals surface area contributed by atoms with Crippen molar-refractivity contribution in [1.82, 2.24) is 5.32 Å². The number of ketones is 1. The van der Waals surface area contributed by atoms with Crippen LogP contribution in [-0.4, -0.2) is 17.9 Å². The van der Waals surface area contributed by atoms with Crippen molar-refractivity contribution in [2.24, 2.45) is 0 Å². The second-order valence-electron chi connectivity index (χ2n) is 4.38. The van der Waals surface area contributed by atoms with Crippen LogP contribution in [0.15, 0.2) is 30.3 Å². The smallest absolute Gasteiger partial charge is 0.149 e. The van der Waals surface area contributed by atoms with E-state index in [0.29, 0.717) is 12.5 Å². The van der Waals surface area contributed by atoms with Crippen molar-refractivity contribution in [3.05, 3.63) is 35.9 Å². The van der Waals surface area contributed by atoms with Gasteiger partial charge in [0.05, 0.1) is 6.04 Å². The fourth-order valence-corrected chi connectivity index (χ4v) is 1.76. The summed E-state index contributed by atoms with van der Waals surface area (Å²) in [5.41, 5.74) is 1.21. The minimum atomic E-state index is -0.0487. The first-order valence-electron chi connectivity index (χ1n) is 5.96. The molecule has 1 N–H and O–H groups in total. The van der Waals surface area contributed by atoms with E-state index in [1.54, 1.807) is 0 Å². The van der Waals surface area contributed by atoms with Gasteiger partial charge in [0.25, 0.3) is 0 Å². The van der Waals surface area contributed by atoms with Crippen LogP contribution in [-0.2, 0) is 11.2 Å². The zero-order valence-corrected chi connectivity index (χ0v) is 10.4. The van der Waals surface area contributed by atoms with Crippen LogP contribution < -0.4 is 5.32 Å². The molecule has 0 amide bonds. The second-order valence-corrected chi connectivity index (χ2v) is 4.38. The minimum Gasteiger partial charge on any atom is -0.305 e. The Kier molecular flexibility index (Phi) is 5.20. The molecular formula is C14H23NO. The Bertz CT molecular complexity index is 324.